The van der Waals surface area contributed by atoms with Gasteiger partial charge in [-0.2, -0.15) is 0 Å². The maximum atomic E-state index is 12.2. The van der Waals surface area contributed by atoms with Crippen molar-refractivity contribution in [3.05, 3.63) is 10.6 Å². The van der Waals surface area contributed by atoms with Crippen LogP contribution in [0.5, 0.6) is 0 Å². The zero-order valence-electron chi connectivity index (χ0n) is 10.7. The van der Waals surface area contributed by atoms with Gasteiger partial charge in [0.15, 0.2) is 5.78 Å². The lowest BCUT2D eigenvalue weighted by molar-refractivity contribution is 0.0925. The molecule has 1 heterocycles. The molecule has 1 unspecified atom stereocenters. The van der Waals surface area contributed by atoms with Crippen LogP contribution in [0, 0.1) is 5.92 Å². The minimum Gasteiger partial charge on any atom is -0.293 e. The second-order valence-electron chi connectivity index (χ2n) is 5.25. The molecule has 0 N–H and O–H groups in total. The molecular weight excluding hydrogens is 220 g/mol. The van der Waals surface area contributed by atoms with Gasteiger partial charge in [0.2, 0.25) is 0 Å². The van der Waals surface area contributed by atoms with Crippen molar-refractivity contribution in [3.8, 4) is 0 Å². The van der Waals surface area contributed by atoms with E-state index in [9.17, 15) is 4.79 Å². The number of ketones is 1. The Balaban J connectivity index is 2.97. The Labute approximate surface area is 101 Å². The van der Waals surface area contributed by atoms with Crippen molar-refractivity contribution in [1.82, 2.24) is 9.59 Å². The predicted octanol–water partition coefficient (Wildman–Crippen LogP) is 3.45. The normalized spacial score (nSPS) is 13.8. The van der Waals surface area contributed by atoms with Crippen LogP contribution in [0.1, 0.15) is 62.8 Å². The molecule has 0 aliphatic rings. The number of nitrogens with zero attached hydrogens (tertiary/aromatic N) is 2. The molecule has 3 nitrogen and oxygen atoms in total. The summed E-state index contributed by atoms with van der Waals surface area (Å²) in [5, 5.41) is 4.10. The molecule has 0 radical (unpaired) electrons. The van der Waals surface area contributed by atoms with Crippen LogP contribution in [0.15, 0.2) is 0 Å². The zero-order valence-corrected chi connectivity index (χ0v) is 11.5. The molecule has 0 spiro atoms. The Hall–Kier alpha value is -0.770. The second-order valence-corrected chi connectivity index (χ2v) is 6.01. The number of carbonyl (C=O) groups excluding carboxylic acids is 1. The van der Waals surface area contributed by atoms with E-state index in [4.69, 9.17) is 0 Å². The molecule has 0 fully saturated rings. The van der Waals surface area contributed by atoms with Crippen molar-refractivity contribution >= 4 is 17.3 Å². The molecule has 1 rings (SSSR count). The van der Waals surface area contributed by atoms with E-state index in [2.05, 4.69) is 37.3 Å². The summed E-state index contributed by atoms with van der Waals surface area (Å²) < 4.78 is 3.92. The molecule has 90 valence electrons. The Kier molecular flexibility index (Phi) is 4.19. The number of carbonyl (C=O) groups is 1. The van der Waals surface area contributed by atoms with Crippen LogP contribution in [-0.2, 0) is 5.41 Å². The third-order valence-corrected chi connectivity index (χ3v) is 3.33. The molecule has 16 heavy (non-hydrogen) atoms. The van der Waals surface area contributed by atoms with Gasteiger partial charge in [0.25, 0.3) is 0 Å². The molecule has 4 heteroatoms. The summed E-state index contributed by atoms with van der Waals surface area (Å²) in [5.41, 5.74) is 0.731. The summed E-state index contributed by atoms with van der Waals surface area (Å²) in [4.78, 5) is 12.9. The fourth-order valence-corrected chi connectivity index (χ4v) is 2.56. The number of aromatic nitrogens is 2. The summed E-state index contributed by atoms with van der Waals surface area (Å²) in [6.45, 7) is 10.3. The Morgan fingerprint density at radius 2 is 2.06 bits per heavy atom. The highest BCUT2D eigenvalue weighted by atomic mass is 32.1. The fraction of sp³-hybridized carbons (Fsp3) is 0.750. The standard InChI is InChI=1S/C12H20N2OS/c1-6-7-8(2)9(15)10-11(12(3,4)5)13-14-16-10/h8H,6-7H2,1-5H3. The van der Waals surface area contributed by atoms with E-state index < -0.39 is 0 Å². The lowest BCUT2D eigenvalue weighted by Crippen LogP contribution is -2.19. The molecule has 0 aromatic carbocycles. The van der Waals surface area contributed by atoms with Gasteiger partial charge in [0.05, 0.1) is 5.69 Å². The van der Waals surface area contributed by atoms with Gasteiger partial charge in [-0.25, -0.2) is 0 Å². The second kappa shape index (κ2) is 5.04. The van der Waals surface area contributed by atoms with Crippen LogP contribution in [0.2, 0.25) is 0 Å². The fourth-order valence-electron chi connectivity index (χ4n) is 1.63. The monoisotopic (exact) mass is 240 g/mol. The molecule has 0 saturated carbocycles. The van der Waals surface area contributed by atoms with Gasteiger partial charge in [-0.3, -0.25) is 4.79 Å². The van der Waals surface area contributed by atoms with Crippen molar-refractivity contribution in [2.24, 2.45) is 5.92 Å². The largest absolute Gasteiger partial charge is 0.293 e. The van der Waals surface area contributed by atoms with Crippen LogP contribution in [-0.4, -0.2) is 15.4 Å². The van der Waals surface area contributed by atoms with Crippen molar-refractivity contribution in [2.45, 2.75) is 52.9 Å². The van der Waals surface area contributed by atoms with Gasteiger partial charge in [0.1, 0.15) is 4.88 Å². The quantitative estimate of drug-likeness (QED) is 0.757. The first-order valence-corrected chi connectivity index (χ1v) is 6.52. The first-order chi connectivity index (χ1) is 7.38. The summed E-state index contributed by atoms with van der Waals surface area (Å²) in [6.07, 6.45) is 1.96. The van der Waals surface area contributed by atoms with Crippen LogP contribution >= 0.6 is 11.5 Å². The van der Waals surface area contributed by atoms with Crippen LogP contribution < -0.4 is 0 Å². The molecule has 0 saturated heterocycles. The van der Waals surface area contributed by atoms with Crippen molar-refractivity contribution in [1.29, 1.82) is 0 Å². The Bertz CT molecular complexity index is 365. The SMILES string of the molecule is CCCC(C)C(=O)c1snnc1C(C)(C)C. The van der Waals surface area contributed by atoms with Gasteiger partial charge < -0.3 is 0 Å². The maximum absolute atomic E-state index is 12.2. The molecule has 0 aliphatic heterocycles. The highest BCUT2D eigenvalue weighted by Gasteiger charge is 2.28. The average Bonchev–Trinajstić information content (AvgIpc) is 2.64. The van der Waals surface area contributed by atoms with E-state index in [-0.39, 0.29) is 17.1 Å². The molecule has 1 aromatic heterocycles. The van der Waals surface area contributed by atoms with Crippen molar-refractivity contribution < 1.29 is 4.79 Å². The first-order valence-electron chi connectivity index (χ1n) is 5.75. The van der Waals surface area contributed by atoms with Crippen LogP contribution in [0.25, 0.3) is 0 Å². The highest BCUT2D eigenvalue weighted by Crippen LogP contribution is 2.28. The minimum absolute atomic E-state index is 0.0772. The van der Waals surface area contributed by atoms with E-state index >= 15 is 0 Å². The third-order valence-electron chi connectivity index (χ3n) is 2.59. The van der Waals surface area contributed by atoms with Crippen LogP contribution in [0.3, 0.4) is 0 Å². The summed E-state index contributed by atoms with van der Waals surface area (Å²) >= 11 is 1.23. The number of hydrogen-bond acceptors (Lipinski definition) is 4. The molecule has 1 atom stereocenters. The van der Waals surface area contributed by atoms with E-state index in [0.717, 1.165) is 23.4 Å². The van der Waals surface area contributed by atoms with Crippen LogP contribution in [0.4, 0.5) is 0 Å². The molecule has 1 aromatic rings. The lowest BCUT2D eigenvalue weighted by Gasteiger charge is -2.17. The van der Waals surface area contributed by atoms with Gasteiger partial charge in [0, 0.05) is 11.3 Å². The first kappa shape index (κ1) is 13.3. The number of hydrogen-bond donors (Lipinski definition) is 0. The van der Waals surface area contributed by atoms with Gasteiger partial charge in [-0.05, 0) is 18.0 Å². The number of rotatable bonds is 4. The maximum Gasteiger partial charge on any atom is 0.179 e. The van der Waals surface area contributed by atoms with Gasteiger partial charge >= 0.3 is 0 Å². The van der Waals surface area contributed by atoms with Crippen molar-refractivity contribution in [3.63, 3.8) is 0 Å². The molecule has 0 bridgehead atoms. The Morgan fingerprint density at radius 1 is 1.44 bits per heavy atom. The summed E-state index contributed by atoms with van der Waals surface area (Å²) in [5.74, 6) is 0.273. The van der Waals surface area contributed by atoms with Crippen molar-refractivity contribution in [2.75, 3.05) is 0 Å². The van der Waals surface area contributed by atoms with E-state index in [1.54, 1.807) is 0 Å². The summed E-state index contributed by atoms with van der Waals surface area (Å²) in [7, 11) is 0. The predicted molar refractivity (Wildman–Crippen MR) is 67.0 cm³/mol. The smallest absolute Gasteiger partial charge is 0.179 e. The Morgan fingerprint density at radius 3 is 2.56 bits per heavy atom. The topological polar surface area (TPSA) is 42.9 Å². The lowest BCUT2D eigenvalue weighted by atomic mass is 9.88. The zero-order chi connectivity index (χ0) is 12.3. The molecular formula is C12H20N2OS. The van der Waals surface area contributed by atoms with Gasteiger partial charge in [-0.1, -0.05) is 45.5 Å². The van der Waals surface area contributed by atoms with E-state index in [1.165, 1.54) is 11.5 Å². The van der Waals surface area contributed by atoms with Gasteiger partial charge in [-0.15, -0.1) is 5.10 Å². The third kappa shape index (κ3) is 2.88. The minimum atomic E-state index is -0.107. The molecule has 0 amide bonds. The average molecular weight is 240 g/mol. The summed E-state index contributed by atoms with van der Waals surface area (Å²) in [6, 6.07) is 0. The van der Waals surface area contributed by atoms with E-state index in [0.29, 0.717) is 0 Å². The number of Topliss-reactive ketones (excluding diaryl/α,β-unsaturated/α-hetero) is 1. The highest BCUT2D eigenvalue weighted by molar-refractivity contribution is 7.08. The molecule has 0 aliphatic carbocycles. The van der Waals surface area contributed by atoms with E-state index in [1.807, 2.05) is 6.92 Å².